The van der Waals surface area contributed by atoms with Crippen LogP contribution < -0.4 is 15.4 Å². The summed E-state index contributed by atoms with van der Waals surface area (Å²) in [4.78, 5) is 28.7. The number of likely N-dealkylation sites (tertiary alicyclic amines) is 1. The highest BCUT2D eigenvalue weighted by Gasteiger charge is 2.34. The Bertz CT molecular complexity index is 902. The van der Waals surface area contributed by atoms with Crippen molar-refractivity contribution in [2.24, 2.45) is 5.92 Å². The summed E-state index contributed by atoms with van der Waals surface area (Å²) in [6.07, 6.45) is 3.73. The van der Waals surface area contributed by atoms with Gasteiger partial charge in [-0.25, -0.2) is 0 Å². The molecule has 2 aromatic rings. The van der Waals surface area contributed by atoms with Crippen molar-refractivity contribution < 1.29 is 14.3 Å². The standard InChI is InChI=1S/C27H37N3O3/c1-4-12-20(3)28-26(31)22-15-11-18-30(19-22)25(21-13-7-6-8-14-21)27(32)29-23-16-9-10-17-24(23)33-5-2/h6-10,13-14,16-17,20,22,25H,4-5,11-12,15,18-19H2,1-3H3,(H,28,31)(H,29,32). The van der Waals surface area contributed by atoms with Crippen LogP contribution in [0.2, 0.25) is 0 Å². The van der Waals surface area contributed by atoms with Crippen LogP contribution in [-0.2, 0) is 9.59 Å². The molecule has 3 unspecified atom stereocenters. The average molecular weight is 452 g/mol. The molecule has 178 valence electrons. The highest BCUT2D eigenvalue weighted by Crippen LogP contribution is 2.30. The Kier molecular flexibility index (Phi) is 9.31. The van der Waals surface area contributed by atoms with Crippen molar-refractivity contribution in [1.29, 1.82) is 0 Å². The molecule has 0 radical (unpaired) electrons. The van der Waals surface area contributed by atoms with Crippen molar-refractivity contribution in [3.05, 3.63) is 60.2 Å². The molecule has 2 aromatic carbocycles. The summed E-state index contributed by atoms with van der Waals surface area (Å²) in [5, 5.41) is 6.24. The lowest BCUT2D eigenvalue weighted by Gasteiger charge is -2.37. The predicted octanol–water partition coefficient (Wildman–Crippen LogP) is 4.78. The minimum absolute atomic E-state index is 0.0922. The molecule has 3 atom stereocenters. The first-order valence-electron chi connectivity index (χ1n) is 12.2. The van der Waals surface area contributed by atoms with Gasteiger partial charge in [-0.3, -0.25) is 14.5 Å². The maximum absolute atomic E-state index is 13.6. The van der Waals surface area contributed by atoms with Crippen molar-refractivity contribution in [1.82, 2.24) is 10.2 Å². The van der Waals surface area contributed by atoms with Crippen LogP contribution in [-0.4, -0.2) is 42.5 Å². The van der Waals surface area contributed by atoms with Gasteiger partial charge in [0.25, 0.3) is 0 Å². The largest absolute Gasteiger partial charge is 0.492 e. The van der Waals surface area contributed by atoms with Crippen LogP contribution in [0, 0.1) is 5.92 Å². The van der Waals surface area contributed by atoms with Gasteiger partial charge < -0.3 is 15.4 Å². The number of rotatable bonds is 10. The number of ether oxygens (including phenoxy) is 1. The van der Waals surface area contributed by atoms with E-state index in [-0.39, 0.29) is 23.8 Å². The van der Waals surface area contributed by atoms with Crippen LogP contribution in [0.4, 0.5) is 5.69 Å². The van der Waals surface area contributed by atoms with E-state index in [0.29, 0.717) is 24.6 Å². The van der Waals surface area contributed by atoms with E-state index in [1.807, 2.05) is 61.5 Å². The van der Waals surface area contributed by atoms with Gasteiger partial charge >= 0.3 is 0 Å². The average Bonchev–Trinajstić information content (AvgIpc) is 2.82. The minimum Gasteiger partial charge on any atom is -0.492 e. The highest BCUT2D eigenvalue weighted by molar-refractivity contribution is 5.96. The molecule has 6 nitrogen and oxygen atoms in total. The second-order valence-corrected chi connectivity index (χ2v) is 8.76. The van der Waals surface area contributed by atoms with Crippen molar-refractivity contribution in [3.8, 4) is 5.75 Å². The third kappa shape index (κ3) is 6.81. The number of benzene rings is 2. The molecule has 0 bridgehead atoms. The Balaban J connectivity index is 1.80. The van der Waals surface area contributed by atoms with Crippen LogP contribution in [0.15, 0.2) is 54.6 Å². The molecule has 3 rings (SSSR count). The molecule has 0 aliphatic carbocycles. The number of nitrogens with zero attached hydrogens (tertiary/aromatic N) is 1. The molecule has 0 aromatic heterocycles. The first-order chi connectivity index (χ1) is 16.0. The Morgan fingerprint density at radius 1 is 1.09 bits per heavy atom. The fourth-order valence-electron chi connectivity index (χ4n) is 4.54. The summed E-state index contributed by atoms with van der Waals surface area (Å²) in [6.45, 7) is 7.95. The van der Waals surface area contributed by atoms with Crippen molar-refractivity contribution >= 4 is 17.5 Å². The van der Waals surface area contributed by atoms with Crippen molar-refractivity contribution in [3.63, 3.8) is 0 Å². The number of hydrogen-bond acceptors (Lipinski definition) is 4. The molecule has 6 heteroatoms. The van der Waals surface area contributed by atoms with Gasteiger partial charge in [0, 0.05) is 12.6 Å². The maximum atomic E-state index is 13.6. The molecule has 0 spiro atoms. The van der Waals surface area contributed by atoms with Crippen LogP contribution in [0.3, 0.4) is 0 Å². The Hall–Kier alpha value is -2.86. The summed E-state index contributed by atoms with van der Waals surface area (Å²) < 4.78 is 5.69. The first-order valence-corrected chi connectivity index (χ1v) is 12.2. The van der Waals surface area contributed by atoms with E-state index >= 15 is 0 Å². The highest BCUT2D eigenvalue weighted by atomic mass is 16.5. The molecule has 2 amide bonds. The molecule has 1 aliphatic rings. The van der Waals surface area contributed by atoms with E-state index in [9.17, 15) is 9.59 Å². The van der Waals surface area contributed by atoms with E-state index in [4.69, 9.17) is 4.74 Å². The Morgan fingerprint density at radius 3 is 2.55 bits per heavy atom. The fraction of sp³-hybridized carbons (Fsp3) is 0.481. The monoisotopic (exact) mass is 451 g/mol. The quantitative estimate of drug-likeness (QED) is 0.545. The van der Waals surface area contributed by atoms with E-state index in [1.54, 1.807) is 0 Å². The van der Waals surface area contributed by atoms with E-state index in [0.717, 1.165) is 37.8 Å². The number of anilines is 1. The normalized spacial score (nSPS) is 18.2. The fourth-order valence-corrected chi connectivity index (χ4v) is 4.54. The molecule has 2 N–H and O–H groups in total. The van der Waals surface area contributed by atoms with Gasteiger partial charge in [-0.1, -0.05) is 55.8 Å². The van der Waals surface area contributed by atoms with Gasteiger partial charge in [0.15, 0.2) is 0 Å². The Labute approximate surface area is 197 Å². The summed E-state index contributed by atoms with van der Waals surface area (Å²) >= 11 is 0. The third-order valence-electron chi connectivity index (χ3n) is 6.11. The number of nitrogens with one attached hydrogen (secondary N) is 2. The second-order valence-electron chi connectivity index (χ2n) is 8.76. The summed E-state index contributed by atoms with van der Waals surface area (Å²) in [6, 6.07) is 17.0. The molecule has 1 aliphatic heterocycles. The Morgan fingerprint density at radius 2 is 1.82 bits per heavy atom. The molecular formula is C27H37N3O3. The van der Waals surface area contributed by atoms with Crippen LogP contribution in [0.25, 0.3) is 0 Å². The van der Waals surface area contributed by atoms with Gasteiger partial charge in [-0.15, -0.1) is 0 Å². The molecule has 1 fully saturated rings. The topological polar surface area (TPSA) is 70.7 Å². The maximum Gasteiger partial charge on any atom is 0.246 e. The van der Waals surface area contributed by atoms with Gasteiger partial charge in [-0.2, -0.15) is 0 Å². The smallest absolute Gasteiger partial charge is 0.246 e. The number of para-hydroxylation sites is 2. The van der Waals surface area contributed by atoms with E-state index in [1.165, 1.54) is 0 Å². The van der Waals surface area contributed by atoms with Crippen LogP contribution in [0.1, 0.15) is 58.1 Å². The summed E-state index contributed by atoms with van der Waals surface area (Å²) in [7, 11) is 0. The SMILES string of the molecule is CCCC(C)NC(=O)C1CCCN(C(C(=O)Nc2ccccc2OCC)c2ccccc2)C1. The molecule has 1 saturated heterocycles. The molecule has 1 heterocycles. The number of amides is 2. The van der Waals surface area contributed by atoms with Gasteiger partial charge in [0.2, 0.25) is 11.8 Å². The van der Waals surface area contributed by atoms with Gasteiger partial charge in [0.05, 0.1) is 18.2 Å². The number of carbonyl (C=O) groups is 2. The summed E-state index contributed by atoms with van der Waals surface area (Å²) in [5.41, 5.74) is 1.58. The number of piperidine rings is 1. The summed E-state index contributed by atoms with van der Waals surface area (Å²) in [5.74, 6) is 0.511. The lowest BCUT2D eigenvalue weighted by molar-refractivity contribution is -0.130. The zero-order chi connectivity index (χ0) is 23.6. The number of hydrogen-bond donors (Lipinski definition) is 2. The van der Waals surface area contributed by atoms with E-state index in [2.05, 4.69) is 29.4 Å². The predicted molar refractivity (Wildman–Crippen MR) is 132 cm³/mol. The zero-order valence-corrected chi connectivity index (χ0v) is 20.0. The molecule has 33 heavy (non-hydrogen) atoms. The first kappa shape index (κ1) is 24.8. The number of carbonyl (C=O) groups excluding carboxylic acids is 2. The lowest BCUT2D eigenvalue weighted by Crippen LogP contribution is -2.48. The second kappa shape index (κ2) is 12.4. The molecular weight excluding hydrogens is 414 g/mol. The lowest BCUT2D eigenvalue weighted by atomic mass is 9.93. The van der Waals surface area contributed by atoms with Crippen LogP contribution in [0.5, 0.6) is 5.75 Å². The van der Waals surface area contributed by atoms with Crippen LogP contribution >= 0.6 is 0 Å². The van der Waals surface area contributed by atoms with Gasteiger partial charge in [-0.05, 0) is 57.4 Å². The zero-order valence-electron chi connectivity index (χ0n) is 20.0. The minimum atomic E-state index is -0.482. The third-order valence-corrected chi connectivity index (χ3v) is 6.11. The van der Waals surface area contributed by atoms with Crippen molar-refractivity contribution in [2.75, 3.05) is 25.0 Å². The van der Waals surface area contributed by atoms with Gasteiger partial charge in [0.1, 0.15) is 11.8 Å². The molecule has 0 saturated carbocycles. The van der Waals surface area contributed by atoms with Crippen molar-refractivity contribution in [2.45, 2.75) is 58.5 Å². The van der Waals surface area contributed by atoms with E-state index < -0.39 is 6.04 Å².